The molecule has 1 heterocycles. The topological polar surface area (TPSA) is 101 Å². The Balaban J connectivity index is 3.28. The minimum absolute atomic E-state index is 0.0690. The van der Waals surface area contributed by atoms with Gasteiger partial charge in [-0.05, 0) is 24.8 Å². The summed E-state index contributed by atoms with van der Waals surface area (Å²) in [6.07, 6.45) is 0. The van der Waals surface area contributed by atoms with Crippen LogP contribution < -0.4 is 10.9 Å². The van der Waals surface area contributed by atoms with Crippen LogP contribution in [-0.2, 0) is 11.8 Å². The minimum Gasteiger partial charge on any atom is -0.480 e. The second kappa shape index (κ2) is 5.67. The number of aromatic nitrogens is 2. The number of hydrogen-bond donors (Lipinski definition) is 2. The van der Waals surface area contributed by atoms with Crippen LogP contribution in [0.1, 0.15) is 42.4 Å². The monoisotopic (exact) mass is 295 g/mol. The average Bonchev–Trinajstić information content (AvgIpc) is 2.32. The molecular formula is C14H21N3O4. The quantitative estimate of drug-likeness (QED) is 0.851. The van der Waals surface area contributed by atoms with Crippen LogP contribution in [0, 0.1) is 19.3 Å². The number of carbonyl (C=O) groups is 2. The van der Waals surface area contributed by atoms with E-state index in [1.807, 2.05) is 0 Å². The lowest BCUT2D eigenvalue weighted by atomic mass is 9.86. The summed E-state index contributed by atoms with van der Waals surface area (Å²) >= 11 is 0. The normalized spacial score (nSPS) is 12.9. The maximum Gasteiger partial charge on any atom is 0.326 e. The Bertz CT molecular complexity index is 641. The first-order valence-electron chi connectivity index (χ1n) is 6.55. The molecule has 0 radical (unpaired) electrons. The van der Waals surface area contributed by atoms with Crippen molar-refractivity contribution in [1.82, 2.24) is 15.1 Å². The van der Waals surface area contributed by atoms with Crippen LogP contribution >= 0.6 is 0 Å². The molecule has 1 unspecified atom stereocenters. The summed E-state index contributed by atoms with van der Waals surface area (Å²) in [5.74, 6) is -1.84. The molecule has 1 aromatic rings. The average molecular weight is 295 g/mol. The summed E-state index contributed by atoms with van der Waals surface area (Å²) < 4.78 is 1.07. The first-order chi connectivity index (χ1) is 9.46. The number of carbonyl (C=O) groups excluding carboxylic acids is 1. The van der Waals surface area contributed by atoms with Gasteiger partial charge in [0.05, 0.1) is 5.69 Å². The van der Waals surface area contributed by atoms with Crippen LogP contribution in [-0.4, -0.2) is 32.8 Å². The molecule has 1 atom stereocenters. The number of amides is 1. The van der Waals surface area contributed by atoms with Crippen molar-refractivity contribution < 1.29 is 14.7 Å². The van der Waals surface area contributed by atoms with Crippen LogP contribution in [0.3, 0.4) is 0 Å². The number of carboxylic acids is 1. The molecule has 0 aliphatic heterocycles. The van der Waals surface area contributed by atoms with E-state index in [0.717, 1.165) is 4.68 Å². The van der Waals surface area contributed by atoms with E-state index in [1.54, 1.807) is 34.6 Å². The lowest BCUT2D eigenvalue weighted by Gasteiger charge is -2.27. The van der Waals surface area contributed by atoms with E-state index in [2.05, 4.69) is 10.4 Å². The fraction of sp³-hybridized carbons (Fsp3) is 0.571. The fourth-order valence-electron chi connectivity index (χ4n) is 1.97. The SMILES string of the molecule is Cc1nn(C)c(=O)c(C(=O)NC(C(=O)O)C(C)(C)C)c1C. The maximum absolute atomic E-state index is 12.3. The number of aryl methyl sites for hydroxylation is 2. The molecule has 7 nitrogen and oxygen atoms in total. The molecule has 1 amide bonds. The number of hydrogen-bond acceptors (Lipinski definition) is 4. The molecule has 0 fully saturated rings. The maximum atomic E-state index is 12.3. The van der Waals surface area contributed by atoms with Gasteiger partial charge < -0.3 is 10.4 Å². The Kier molecular flexibility index (Phi) is 4.56. The number of rotatable bonds is 3. The molecule has 7 heteroatoms. The zero-order valence-corrected chi connectivity index (χ0v) is 13.1. The molecule has 0 spiro atoms. The van der Waals surface area contributed by atoms with Crippen molar-refractivity contribution in [1.29, 1.82) is 0 Å². The second-order valence-corrected chi connectivity index (χ2v) is 6.12. The van der Waals surface area contributed by atoms with Crippen molar-refractivity contribution in [2.24, 2.45) is 12.5 Å². The van der Waals surface area contributed by atoms with Gasteiger partial charge in [0, 0.05) is 7.05 Å². The minimum atomic E-state index is -1.14. The smallest absolute Gasteiger partial charge is 0.326 e. The summed E-state index contributed by atoms with van der Waals surface area (Å²) in [6.45, 7) is 8.41. The zero-order chi connectivity index (χ0) is 16.5. The van der Waals surface area contributed by atoms with Gasteiger partial charge in [0.1, 0.15) is 11.6 Å². The Morgan fingerprint density at radius 2 is 1.81 bits per heavy atom. The summed E-state index contributed by atoms with van der Waals surface area (Å²) in [5, 5.41) is 15.7. The molecule has 0 bridgehead atoms. The lowest BCUT2D eigenvalue weighted by molar-refractivity contribution is -0.142. The highest BCUT2D eigenvalue weighted by molar-refractivity contribution is 5.97. The predicted octanol–water partition coefficient (Wildman–Crippen LogP) is 0.626. The van der Waals surface area contributed by atoms with Crippen LogP contribution in [0.15, 0.2) is 4.79 Å². The van der Waals surface area contributed by atoms with Gasteiger partial charge in [-0.15, -0.1) is 0 Å². The Morgan fingerprint density at radius 3 is 2.24 bits per heavy atom. The van der Waals surface area contributed by atoms with Gasteiger partial charge in [-0.25, -0.2) is 9.48 Å². The molecule has 0 aliphatic carbocycles. The van der Waals surface area contributed by atoms with Crippen molar-refractivity contribution in [3.63, 3.8) is 0 Å². The number of nitrogens with one attached hydrogen (secondary N) is 1. The number of aliphatic carboxylic acids is 1. The third-order valence-corrected chi connectivity index (χ3v) is 3.34. The molecular weight excluding hydrogens is 274 g/mol. The van der Waals surface area contributed by atoms with Crippen LogP contribution in [0.4, 0.5) is 0 Å². The predicted molar refractivity (Wildman–Crippen MR) is 77.3 cm³/mol. The van der Waals surface area contributed by atoms with E-state index in [4.69, 9.17) is 0 Å². The van der Waals surface area contributed by atoms with Crippen molar-refractivity contribution in [2.45, 2.75) is 40.7 Å². The number of nitrogens with zero attached hydrogens (tertiary/aromatic N) is 2. The van der Waals surface area contributed by atoms with Crippen LogP contribution in [0.25, 0.3) is 0 Å². The molecule has 21 heavy (non-hydrogen) atoms. The van der Waals surface area contributed by atoms with Gasteiger partial charge in [0.15, 0.2) is 0 Å². The van der Waals surface area contributed by atoms with Gasteiger partial charge >= 0.3 is 5.97 Å². The first-order valence-corrected chi connectivity index (χ1v) is 6.55. The Labute approximate surface area is 123 Å². The van der Waals surface area contributed by atoms with Gasteiger partial charge in [-0.2, -0.15) is 5.10 Å². The van der Waals surface area contributed by atoms with E-state index >= 15 is 0 Å². The summed E-state index contributed by atoms with van der Waals surface area (Å²) in [5.41, 5.74) is -0.296. The molecule has 0 saturated carbocycles. The molecule has 1 aromatic heterocycles. The molecule has 116 valence electrons. The highest BCUT2D eigenvalue weighted by Crippen LogP contribution is 2.20. The van der Waals surface area contributed by atoms with E-state index in [0.29, 0.717) is 11.3 Å². The van der Waals surface area contributed by atoms with Crippen molar-refractivity contribution in [2.75, 3.05) is 0 Å². The largest absolute Gasteiger partial charge is 0.480 e. The molecule has 0 aliphatic rings. The fourth-order valence-corrected chi connectivity index (χ4v) is 1.97. The van der Waals surface area contributed by atoms with Crippen LogP contribution in [0.5, 0.6) is 0 Å². The van der Waals surface area contributed by atoms with Gasteiger partial charge in [0.2, 0.25) is 0 Å². The second-order valence-electron chi connectivity index (χ2n) is 6.12. The molecule has 1 rings (SSSR count). The molecule has 2 N–H and O–H groups in total. The van der Waals surface area contributed by atoms with Gasteiger partial charge in [-0.1, -0.05) is 20.8 Å². The summed E-state index contributed by atoms with van der Waals surface area (Å²) in [4.78, 5) is 35.7. The summed E-state index contributed by atoms with van der Waals surface area (Å²) in [6, 6.07) is -1.09. The zero-order valence-electron chi connectivity index (χ0n) is 13.1. The molecule has 0 aromatic carbocycles. The van der Waals surface area contributed by atoms with Crippen LogP contribution in [0.2, 0.25) is 0 Å². The first kappa shape index (κ1) is 16.9. The Morgan fingerprint density at radius 1 is 1.29 bits per heavy atom. The third kappa shape index (κ3) is 3.48. The van der Waals surface area contributed by atoms with Crippen molar-refractivity contribution in [3.05, 3.63) is 27.2 Å². The molecule has 0 saturated heterocycles. The third-order valence-electron chi connectivity index (χ3n) is 3.34. The van der Waals surface area contributed by atoms with Crippen molar-refractivity contribution >= 4 is 11.9 Å². The highest BCUT2D eigenvalue weighted by atomic mass is 16.4. The Hall–Kier alpha value is -2.18. The van der Waals surface area contributed by atoms with E-state index in [-0.39, 0.29) is 5.56 Å². The van der Waals surface area contributed by atoms with E-state index in [9.17, 15) is 19.5 Å². The lowest BCUT2D eigenvalue weighted by Crippen LogP contribution is -2.50. The number of carboxylic acid groups (broad SMARTS) is 1. The standard InChI is InChI=1S/C14H21N3O4/c1-7-8(2)16-17(6)12(19)9(7)11(18)15-10(13(20)21)14(3,4)5/h10H,1-6H3,(H,15,18)(H,20,21). The van der Waals surface area contributed by atoms with Gasteiger partial charge in [-0.3, -0.25) is 9.59 Å². The van der Waals surface area contributed by atoms with Crippen molar-refractivity contribution in [3.8, 4) is 0 Å². The van der Waals surface area contributed by atoms with E-state index < -0.39 is 28.9 Å². The highest BCUT2D eigenvalue weighted by Gasteiger charge is 2.34. The summed E-state index contributed by atoms with van der Waals surface area (Å²) in [7, 11) is 1.45. The van der Waals surface area contributed by atoms with Gasteiger partial charge in [0.25, 0.3) is 11.5 Å². The van der Waals surface area contributed by atoms with E-state index in [1.165, 1.54) is 7.05 Å².